The SMILES string of the molecule is O=S(=O)(NC1CCC(C(F)(F)F)NC1)N1CCCC1. The highest BCUT2D eigenvalue weighted by Crippen LogP contribution is 2.26. The van der Waals surface area contributed by atoms with E-state index in [1.807, 2.05) is 0 Å². The summed E-state index contributed by atoms with van der Waals surface area (Å²) in [4.78, 5) is 0. The van der Waals surface area contributed by atoms with Crippen molar-refractivity contribution >= 4 is 10.2 Å². The van der Waals surface area contributed by atoms with Crippen LogP contribution in [0.2, 0.25) is 0 Å². The summed E-state index contributed by atoms with van der Waals surface area (Å²) in [5, 5.41) is 2.35. The first-order valence-corrected chi connectivity index (χ1v) is 7.80. The molecule has 2 rings (SSSR count). The van der Waals surface area contributed by atoms with Gasteiger partial charge in [0.15, 0.2) is 0 Å². The second kappa shape index (κ2) is 5.55. The smallest absolute Gasteiger partial charge is 0.305 e. The van der Waals surface area contributed by atoms with E-state index in [0.717, 1.165) is 12.8 Å². The van der Waals surface area contributed by atoms with Crippen molar-refractivity contribution in [1.29, 1.82) is 0 Å². The maximum atomic E-state index is 12.4. The van der Waals surface area contributed by atoms with Crippen LogP contribution in [0.25, 0.3) is 0 Å². The lowest BCUT2D eigenvalue weighted by Gasteiger charge is -2.32. The predicted molar refractivity (Wildman–Crippen MR) is 63.7 cm³/mol. The fourth-order valence-electron chi connectivity index (χ4n) is 2.45. The summed E-state index contributed by atoms with van der Waals surface area (Å²) in [6, 6.07) is -2.00. The average molecular weight is 301 g/mol. The molecule has 2 fully saturated rings. The van der Waals surface area contributed by atoms with Crippen molar-refractivity contribution in [3.05, 3.63) is 0 Å². The Morgan fingerprint density at radius 1 is 1.16 bits per heavy atom. The van der Waals surface area contributed by atoms with Gasteiger partial charge in [0.1, 0.15) is 6.04 Å². The van der Waals surface area contributed by atoms with Crippen LogP contribution >= 0.6 is 0 Å². The Bertz CT molecular complexity index is 399. The van der Waals surface area contributed by atoms with Gasteiger partial charge >= 0.3 is 6.18 Å². The molecule has 2 aliphatic heterocycles. The standard InChI is InChI=1S/C10H18F3N3O2S/c11-10(12,13)9-4-3-8(7-14-9)15-19(17,18)16-5-1-2-6-16/h8-9,14-15H,1-7H2. The first-order chi connectivity index (χ1) is 8.79. The lowest BCUT2D eigenvalue weighted by atomic mass is 10.0. The van der Waals surface area contributed by atoms with Gasteiger partial charge in [-0.2, -0.15) is 30.6 Å². The zero-order valence-corrected chi connectivity index (χ0v) is 11.2. The molecule has 0 bridgehead atoms. The molecule has 0 saturated carbocycles. The molecule has 2 unspecified atom stereocenters. The highest BCUT2D eigenvalue weighted by Gasteiger charge is 2.42. The normalized spacial score (nSPS) is 30.7. The second-order valence-electron chi connectivity index (χ2n) is 5.01. The topological polar surface area (TPSA) is 61.4 Å². The molecule has 0 radical (unpaired) electrons. The lowest BCUT2D eigenvalue weighted by Crippen LogP contribution is -2.55. The molecule has 0 aromatic rings. The van der Waals surface area contributed by atoms with E-state index in [-0.39, 0.29) is 19.4 Å². The van der Waals surface area contributed by atoms with E-state index in [0.29, 0.717) is 13.1 Å². The van der Waals surface area contributed by atoms with Crippen molar-refractivity contribution < 1.29 is 21.6 Å². The summed E-state index contributed by atoms with van der Waals surface area (Å²) in [7, 11) is -3.55. The molecule has 0 aromatic carbocycles. The van der Waals surface area contributed by atoms with Gasteiger partial charge in [0.2, 0.25) is 0 Å². The molecule has 112 valence electrons. The fraction of sp³-hybridized carbons (Fsp3) is 1.00. The largest absolute Gasteiger partial charge is 0.403 e. The minimum absolute atomic E-state index is 0.0112. The Morgan fingerprint density at radius 3 is 2.26 bits per heavy atom. The summed E-state index contributed by atoms with van der Waals surface area (Å²) >= 11 is 0. The molecule has 5 nitrogen and oxygen atoms in total. The van der Waals surface area contributed by atoms with Crippen LogP contribution in [0.1, 0.15) is 25.7 Å². The van der Waals surface area contributed by atoms with Crippen LogP contribution < -0.4 is 10.0 Å². The minimum Gasteiger partial charge on any atom is -0.305 e. The third-order valence-corrected chi connectivity index (χ3v) is 5.21. The average Bonchev–Trinajstić information content (AvgIpc) is 2.82. The number of hydrogen-bond acceptors (Lipinski definition) is 3. The molecule has 2 saturated heterocycles. The van der Waals surface area contributed by atoms with Crippen LogP contribution in [0, 0.1) is 0 Å². The molecule has 2 atom stereocenters. The monoisotopic (exact) mass is 301 g/mol. The first kappa shape index (κ1) is 15.0. The van der Waals surface area contributed by atoms with E-state index in [1.54, 1.807) is 0 Å². The van der Waals surface area contributed by atoms with Crippen molar-refractivity contribution in [2.45, 2.75) is 43.9 Å². The number of hydrogen-bond donors (Lipinski definition) is 2. The Balaban J connectivity index is 1.85. The molecule has 9 heteroatoms. The highest BCUT2D eigenvalue weighted by atomic mass is 32.2. The minimum atomic E-state index is -4.27. The number of alkyl halides is 3. The third kappa shape index (κ3) is 3.80. The Morgan fingerprint density at radius 2 is 1.79 bits per heavy atom. The van der Waals surface area contributed by atoms with Gasteiger partial charge in [-0.15, -0.1) is 0 Å². The van der Waals surface area contributed by atoms with E-state index in [1.165, 1.54) is 4.31 Å². The van der Waals surface area contributed by atoms with Crippen LogP contribution in [0.5, 0.6) is 0 Å². The van der Waals surface area contributed by atoms with E-state index in [2.05, 4.69) is 10.0 Å². The van der Waals surface area contributed by atoms with Crippen LogP contribution in [-0.4, -0.2) is 50.6 Å². The zero-order valence-electron chi connectivity index (χ0n) is 10.4. The summed E-state index contributed by atoms with van der Waals surface area (Å²) in [6.45, 7) is 0.985. The van der Waals surface area contributed by atoms with Gasteiger partial charge in [0.05, 0.1) is 0 Å². The molecular weight excluding hydrogens is 283 g/mol. The van der Waals surface area contributed by atoms with Gasteiger partial charge in [0.25, 0.3) is 10.2 Å². The maximum absolute atomic E-state index is 12.4. The number of halogens is 3. The molecule has 2 heterocycles. The first-order valence-electron chi connectivity index (χ1n) is 6.36. The lowest BCUT2D eigenvalue weighted by molar-refractivity contribution is -0.160. The summed E-state index contributed by atoms with van der Waals surface area (Å²) in [6.07, 6.45) is -2.50. The fourth-order valence-corrected chi connectivity index (χ4v) is 3.96. The van der Waals surface area contributed by atoms with Crippen LogP contribution in [-0.2, 0) is 10.2 Å². The van der Waals surface area contributed by atoms with E-state index >= 15 is 0 Å². The summed E-state index contributed by atoms with van der Waals surface area (Å²) in [5.41, 5.74) is 0. The molecular formula is C10H18F3N3O2S. The third-order valence-electron chi connectivity index (χ3n) is 3.53. The van der Waals surface area contributed by atoms with Gasteiger partial charge in [-0.25, -0.2) is 0 Å². The summed E-state index contributed by atoms with van der Waals surface area (Å²) in [5.74, 6) is 0. The second-order valence-corrected chi connectivity index (χ2v) is 6.71. The number of rotatable bonds is 3. The van der Waals surface area contributed by atoms with Crippen LogP contribution in [0.15, 0.2) is 0 Å². The highest BCUT2D eigenvalue weighted by molar-refractivity contribution is 7.87. The Labute approximate surface area is 110 Å². The van der Waals surface area contributed by atoms with Crippen molar-refractivity contribution in [3.63, 3.8) is 0 Å². The van der Waals surface area contributed by atoms with Crippen molar-refractivity contribution in [3.8, 4) is 0 Å². The van der Waals surface area contributed by atoms with Crippen LogP contribution in [0.4, 0.5) is 13.2 Å². The van der Waals surface area contributed by atoms with Crippen molar-refractivity contribution in [2.75, 3.05) is 19.6 Å². The number of nitrogens with zero attached hydrogens (tertiary/aromatic N) is 1. The zero-order chi connectivity index (χ0) is 14.1. The summed E-state index contributed by atoms with van der Waals surface area (Å²) < 4.78 is 65.0. The quantitative estimate of drug-likeness (QED) is 0.802. The van der Waals surface area contributed by atoms with Crippen molar-refractivity contribution in [1.82, 2.24) is 14.3 Å². The van der Waals surface area contributed by atoms with E-state index < -0.39 is 28.5 Å². The molecule has 2 N–H and O–H groups in total. The van der Waals surface area contributed by atoms with Crippen molar-refractivity contribution in [2.24, 2.45) is 0 Å². The number of piperidine rings is 1. The van der Waals surface area contributed by atoms with E-state index in [9.17, 15) is 21.6 Å². The molecule has 0 spiro atoms. The number of nitrogens with one attached hydrogen (secondary N) is 2. The molecule has 0 aromatic heterocycles. The molecule has 0 aliphatic carbocycles. The maximum Gasteiger partial charge on any atom is 0.403 e. The van der Waals surface area contributed by atoms with E-state index in [4.69, 9.17) is 0 Å². The van der Waals surface area contributed by atoms with Gasteiger partial charge in [-0.05, 0) is 25.7 Å². The van der Waals surface area contributed by atoms with Gasteiger partial charge in [-0.3, -0.25) is 0 Å². The molecule has 2 aliphatic rings. The Kier molecular flexibility index (Phi) is 4.38. The van der Waals surface area contributed by atoms with Gasteiger partial charge in [-0.1, -0.05) is 0 Å². The van der Waals surface area contributed by atoms with Gasteiger partial charge < -0.3 is 5.32 Å². The molecule has 19 heavy (non-hydrogen) atoms. The van der Waals surface area contributed by atoms with Gasteiger partial charge in [0, 0.05) is 25.7 Å². The predicted octanol–water partition coefficient (Wildman–Crippen LogP) is 0.599. The van der Waals surface area contributed by atoms with Crippen LogP contribution in [0.3, 0.4) is 0 Å². The Hall–Kier alpha value is -0.380. The molecule has 0 amide bonds.